The zero-order chi connectivity index (χ0) is 11.5. The van der Waals surface area contributed by atoms with Gasteiger partial charge in [0.05, 0.1) is 0 Å². The minimum Gasteiger partial charge on any atom is -0.328 e. The van der Waals surface area contributed by atoms with Crippen LogP contribution in [0.3, 0.4) is 0 Å². The molecule has 0 bridgehead atoms. The number of nitrogens with one attached hydrogen (secondary N) is 1. The van der Waals surface area contributed by atoms with E-state index in [-0.39, 0.29) is 0 Å². The van der Waals surface area contributed by atoms with Gasteiger partial charge in [0, 0.05) is 6.04 Å². The SMILES string of the molecule is CCCCCCCCNCC(C)C(C)N. The Morgan fingerprint density at radius 1 is 1.00 bits per heavy atom. The van der Waals surface area contributed by atoms with E-state index in [2.05, 4.69) is 26.1 Å². The van der Waals surface area contributed by atoms with E-state index in [9.17, 15) is 0 Å². The van der Waals surface area contributed by atoms with E-state index in [4.69, 9.17) is 5.73 Å². The summed E-state index contributed by atoms with van der Waals surface area (Å²) in [6.07, 6.45) is 8.24. The highest BCUT2D eigenvalue weighted by Crippen LogP contribution is 2.04. The van der Waals surface area contributed by atoms with Gasteiger partial charge in [0.2, 0.25) is 0 Å². The van der Waals surface area contributed by atoms with Gasteiger partial charge in [-0.15, -0.1) is 0 Å². The van der Waals surface area contributed by atoms with Crippen molar-refractivity contribution in [1.29, 1.82) is 0 Å². The molecule has 0 aliphatic carbocycles. The molecule has 2 nitrogen and oxygen atoms in total. The third-order valence-electron chi connectivity index (χ3n) is 3.07. The van der Waals surface area contributed by atoms with Gasteiger partial charge in [-0.05, 0) is 32.4 Å². The Morgan fingerprint density at radius 2 is 1.60 bits per heavy atom. The fourth-order valence-corrected chi connectivity index (χ4v) is 1.55. The molecule has 92 valence electrons. The van der Waals surface area contributed by atoms with Crippen molar-refractivity contribution in [3.63, 3.8) is 0 Å². The standard InChI is InChI=1S/C13H30N2/c1-4-5-6-7-8-9-10-15-11-12(2)13(3)14/h12-13,15H,4-11,14H2,1-3H3. The lowest BCUT2D eigenvalue weighted by Crippen LogP contribution is -2.33. The highest BCUT2D eigenvalue weighted by atomic mass is 14.9. The summed E-state index contributed by atoms with van der Waals surface area (Å²) in [5.74, 6) is 0.588. The second kappa shape index (κ2) is 10.4. The molecule has 0 heterocycles. The summed E-state index contributed by atoms with van der Waals surface area (Å²) >= 11 is 0. The molecule has 2 unspecified atom stereocenters. The minimum absolute atomic E-state index is 0.307. The lowest BCUT2D eigenvalue weighted by atomic mass is 10.1. The molecule has 15 heavy (non-hydrogen) atoms. The van der Waals surface area contributed by atoms with E-state index in [0.29, 0.717) is 12.0 Å². The predicted octanol–water partition coefficient (Wildman–Crippen LogP) is 2.92. The van der Waals surface area contributed by atoms with Gasteiger partial charge in [-0.25, -0.2) is 0 Å². The molecule has 2 atom stereocenters. The fourth-order valence-electron chi connectivity index (χ4n) is 1.55. The van der Waals surface area contributed by atoms with E-state index < -0.39 is 0 Å². The summed E-state index contributed by atoms with van der Waals surface area (Å²) in [5, 5.41) is 3.48. The molecule has 0 saturated carbocycles. The zero-order valence-electron chi connectivity index (χ0n) is 10.9. The zero-order valence-corrected chi connectivity index (χ0v) is 10.9. The van der Waals surface area contributed by atoms with Crippen molar-refractivity contribution in [2.24, 2.45) is 11.7 Å². The summed E-state index contributed by atoms with van der Waals surface area (Å²) in [4.78, 5) is 0. The van der Waals surface area contributed by atoms with Gasteiger partial charge >= 0.3 is 0 Å². The van der Waals surface area contributed by atoms with Gasteiger partial charge in [-0.3, -0.25) is 0 Å². The Hall–Kier alpha value is -0.0800. The molecule has 0 aromatic heterocycles. The van der Waals surface area contributed by atoms with Gasteiger partial charge in [-0.2, -0.15) is 0 Å². The molecular weight excluding hydrogens is 184 g/mol. The molecule has 0 spiro atoms. The molecule has 0 aromatic carbocycles. The summed E-state index contributed by atoms with van der Waals surface area (Å²) in [6, 6.07) is 0.307. The average molecular weight is 214 g/mol. The highest BCUT2D eigenvalue weighted by Gasteiger charge is 2.05. The number of unbranched alkanes of at least 4 members (excludes halogenated alkanes) is 5. The van der Waals surface area contributed by atoms with Crippen LogP contribution in [0.5, 0.6) is 0 Å². The van der Waals surface area contributed by atoms with Crippen molar-refractivity contribution in [1.82, 2.24) is 5.32 Å². The van der Waals surface area contributed by atoms with Gasteiger partial charge in [0.25, 0.3) is 0 Å². The lowest BCUT2D eigenvalue weighted by Gasteiger charge is -2.15. The van der Waals surface area contributed by atoms with Gasteiger partial charge in [0.15, 0.2) is 0 Å². The quantitative estimate of drug-likeness (QED) is 0.549. The monoisotopic (exact) mass is 214 g/mol. The van der Waals surface area contributed by atoms with Crippen molar-refractivity contribution < 1.29 is 0 Å². The summed E-state index contributed by atoms with van der Waals surface area (Å²) in [5.41, 5.74) is 5.79. The molecule has 3 N–H and O–H groups in total. The first-order valence-electron chi connectivity index (χ1n) is 6.64. The normalized spacial score (nSPS) is 15.2. The molecule has 0 aromatic rings. The Labute approximate surface area is 96.0 Å². The molecule has 0 rings (SSSR count). The first kappa shape index (κ1) is 14.9. The van der Waals surface area contributed by atoms with Crippen LogP contribution in [0.1, 0.15) is 59.3 Å². The molecule has 0 fully saturated rings. The number of hydrogen-bond acceptors (Lipinski definition) is 2. The maximum atomic E-state index is 5.79. The summed E-state index contributed by atoms with van der Waals surface area (Å²) in [6.45, 7) is 8.77. The molecule has 0 amide bonds. The van der Waals surface area contributed by atoms with Crippen molar-refractivity contribution in [2.45, 2.75) is 65.3 Å². The Balaban J connectivity index is 3.05. The van der Waals surface area contributed by atoms with E-state index in [1.54, 1.807) is 0 Å². The van der Waals surface area contributed by atoms with E-state index in [1.807, 2.05) is 0 Å². The first-order chi connectivity index (χ1) is 7.18. The largest absolute Gasteiger partial charge is 0.328 e. The summed E-state index contributed by atoms with van der Waals surface area (Å²) in [7, 11) is 0. The van der Waals surface area contributed by atoms with Crippen molar-refractivity contribution in [3.8, 4) is 0 Å². The molecule has 2 heteroatoms. The molecule has 0 aliphatic heterocycles. The Kier molecular flexibility index (Phi) is 10.4. The number of hydrogen-bond donors (Lipinski definition) is 2. The number of rotatable bonds is 10. The molecule has 0 aliphatic rings. The van der Waals surface area contributed by atoms with Gasteiger partial charge in [-0.1, -0.05) is 46.0 Å². The fraction of sp³-hybridized carbons (Fsp3) is 1.00. The van der Waals surface area contributed by atoms with Crippen molar-refractivity contribution in [3.05, 3.63) is 0 Å². The smallest absolute Gasteiger partial charge is 0.00482 e. The Morgan fingerprint density at radius 3 is 2.20 bits per heavy atom. The molecule has 0 radical (unpaired) electrons. The van der Waals surface area contributed by atoms with E-state index >= 15 is 0 Å². The number of nitrogens with two attached hydrogens (primary N) is 1. The summed E-state index contributed by atoms with van der Waals surface area (Å²) < 4.78 is 0. The third-order valence-corrected chi connectivity index (χ3v) is 3.07. The Bertz CT molecular complexity index is 124. The molecular formula is C13H30N2. The van der Waals surface area contributed by atoms with E-state index in [1.165, 1.54) is 38.5 Å². The predicted molar refractivity (Wildman–Crippen MR) is 69.1 cm³/mol. The average Bonchev–Trinajstić information content (AvgIpc) is 2.21. The van der Waals surface area contributed by atoms with Crippen LogP contribution < -0.4 is 11.1 Å². The highest BCUT2D eigenvalue weighted by molar-refractivity contribution is 4.65. The van der Waals surface area contributed by atoms with Crippen molar-refractivity contribution >= 4 is 0 Å². The first-order valence-corrected chi connectivity index (χ1v) is 6.64. The van der Waals surface area contributed by atoms with Gasteiger partial charge in [0.1, 0.15) is 0 Å². The van der Waals surface area contributed by atoms with Crippen LogP contribution >= 0.6 is 0 Å². The van der Waals surface area contributed by atoms with Crippen LogP contribution in [0, 0.1) is 5.92 Å². The van der Waals surface area contributed by atoms with Crippen LogP contribution in [0.15, 0.2) is 0 Å². The maximum Gasteiger partial charge on any atom is 0.00482 e. The second-order valence-electron chi connectivity index (χ2n) is 4.81. The molecule has 0 saturated heterocycles. The van der Waals surface area contributed by atoms with Crippen LogP contribution in [0.4, 0.5) is 0 Å². The van der Waals surface area contributed by atoms with Crippen LogP contribution in [0.25, 0.3) is 0 Å². The van der Waals surface area contributed by atoms with E-state index in [0.717, 1.165) is 13.1 Å². The lowest BCUT2D eigenvalue weighted by molar-refractivity contribution is 0.440. The second-order valence-corrected chi connectivity index (χ2v) is 4.81. The third kappa shape index (κ3) is 10.2. The van der Waals surface area contributed by atoms with Crippen LogP contribution in [-0.4, -0.2) is 19.1 Å². The maximum absolute atomic E-state index is 5.79. The van der Waals surface area contributed by atoms with Gasteiger partial charge < -0.3 is 11.1 Å². The van der Waals surface area contributed by atoms with Crippen LogP contribution in [-0.2, 0) is 0 Å². The minimum atomic E-state index is 0.307. The van der Waals surface area contributed by atoms with Crippen LogP contribution in [0.2, 0.25) is 0 Å². The van der Waals surface area contributed by atoms with Crippen molar-refractivity contribution in [2.75, 3.05) is 13.1 Å². The topological polar surface area (TPSA) is 38.0 Å².